The van der Waals surface area contributed by atoms with E-state index in [-0.39, 0.29) is 0 Å². The van der Waals surface area contributed by atoms with Crippen molar-refractivity contribution in [3.8, 4) is 0 Å². The Morgan fingerprint density at radius 1 is 1.20 bits per heavy atom. The van der Waals surface area contributed by atoms with Crippen molar-refractivity contribution < 1.29 is 12.3 Å². The molecular formula is H3AsO3S. The van der Waals surface area contributed by atoms with Crippen LogP contribution in [0.15, 0.2) is 0 Å². The van der Waals surface area contributed by atoms with Gasteiger partial charge in [0.25, 0.3) is 0 Å². The summed E-state index contributed by atoms with van der Waals surface area (Å²) in [5.74, 6) is 0. The van der Waals surface area contributed by atoms with Gasteiger partial charge in [0.05, 0.1) is 0 Å². The van der Waals surface area contributed by atoms with Crippen molar-refractivity contribution >= 4 is 23.3 Å². The van der Waals surface area contributed by atoms with Crippen LogP contribution >= 0.6 is 10.4 Å². The van der Waals surface area contributed by atoms with E-state index >= 15 is 0 Å². The Kier molecular flexibility index (Phi) is 1.59. The number of rotatable bonds is 0. The van der Waals surface area contributed by atoms with Crippen molar-refractivity contribution in [2.45, 2.75) is 0 Å². The second kappa shape index (κ2) is 1.41. The van der Waals surface area contributed by atoms with Gasteiger partial charge in [0.2, 0.25) is 0 Å². The van der Waals surface area contributed by atoms with Crippen LogP contribution in [0.1, 0.15) is 0 Å². The maximum atomic E-state index is 7.62. The summed E-state index contributed by atoms with van der Waals surface area (Å²) in [6.07, 6.45) is 0. The quantitative estimate of drug-likeness (QED) is 0.379. The summed E-state index contributed by atoms with van der Waals surface area (Å²) in [5.41, 5.74) is 0. The zero-order valence-electron chi connectivity index (χ0n) is 2.20. The molecule has 0 aromatic carbocycles. The predicted molar refractivity (Wildman–Crippen MR) is 20.0 cm³/mol. The second-order valence-electron chi connectivity index (χ2n) is 0.513. The van der Waals surface area contributed by atoms with E-state index in [9.17, 15) is 0 Å². The molecule has 0 saturated heterocycles. The van der Waals surface area contributed by atoms with Crippen molar-refractivity contribution in [1.82, 2.24) is 0 Å². The molecule has 0 bridgehead atoms. The van der Waals surface area contributed by atoms with Gasteiger partial charge in [0, 0.05) is 0 Å². The molecule has 32 valence electrons. The van der Waals surface area contributed by atoms with Crippen molar-refractivity contribution in [3.05, 3.63) is 0 Å². The van der Waals surface area contributed by atoms with E-state index < -0.39 is 12.9 Å². The molecule has 0 amide bonds. The van der Waals surface area contributed by atoms with Gasteiger partial charge in [-0.05, 0) is 0 Å². The number of hydrogen-bond acceptors (Lipinski definition) is 1. The van der Waals surface area contributed by atoms with Crippen LogP contribution in [0, 0.1) is 0 Å². The first kappa shape index (κ1) is 5.66. The van der Waals surface area contributed by atoms with Crippen molar-refractivity contribution in [3.63, 3.8) is 0 Å². The van der Waals surface area contributed by atoms with Gasteiger partial charge in [-0.3, -0.25) is 0 Å². The molecule has 0 aromatic heterocycles. The van der Waals surface area contributed by atoms with Gasteiger partial charge in [-0.1, -0.05) is 0 Å². The molecule has 0 atom stereocenters. The fourth-order valence-electron chi connectivity index (χ4n) is 0. The minimum atomic E-state index is -4.29. The Hall–Kier alpha value is 0.658. The standard InChI is InChI=1S/AsH3O3S/c2-1(3,4)5/h(H3,2,3,4,5). The van der Waals surface area contributed by atoms with E-state index in [1.54, 1.807) is 0 Å². The van der Waals surface area contributed by atoms with Gasteiger partial charge < -0.3 is 0 Å². The predicted octanol–water partition coefficient (Wildman–Crippen LogP) is -1.40. The molecule has 3 nitrogen and oxygen atoms in total. The van der Waals surface area contributed by atoms with Gasteiger partial charge in [0.15, 0.2) is 0 Å². The van der Waals surface area contributed by atoms with Crippen LogP contribution < -0.4 is 0 Å². The molecule has 0 radical (unpaired) electrons. The van der Waals surface area contributed by atoms with Gasteiger partial charge >= 0.3 is 35.6 Å². The first-order valence-electron chi connectivity index (χ1n) is 0.783. The molecule has 5 heavy (non-hydrogen) atoms. The topological polar surface area (TPSA) is 60.7 Å². The fraction of sp³-hybridized carbons (Fsp3) is 0. The molecular weight excluding hydrogens is 155 g/mol. The van der Waals surface area contributed by atoms with Crippen LogP contribution in [-0.2, 0) is 0 Å². The molecule has 0 saturated carbocycles. The minimum absolute atomic E-state index is 3.66. The molecule has 0 aliphatic heterocycles. The summed E-state index contributed by atoms with van der Waals surface area (Å²) in [6, 6.07) is 0. The summed E-state index contributed by atoms with van der Waals surface area (Å²) >= 11 is -4.29. The maximum absolute atomic E-state index is 7.62. The van der Waals surface area contributed by atoms with Gasteiger partial charge in [0.1, 0.15) is 0 Å². The van der Waals surface area contributed by atoms with Crippen LogP contribution in [0.3, 0.4) is 0 Å². The Balaban J connectivity index is 3.47. The molecule has 0 aliphatic rings. The van der Waals surface area contributed by atoms with E-state index in [2.05, 4.69) is 10.4 Å². The van der Waals surface area contributed by atoms with Crippen LogP contribution in [-0.4, -0.2) is 25.2 Å². The van der Waals surface area contributed by atoms with Gasteiger partial charge in [-0.2, -0.15) is 0 Å². The number of hydrogen-bond donors (Lipinski definition) is 3. The van der Waals surface area contributed by atoms with Crippen LogP contribution in [0.25, 0.3) is 0 Å². The van der Waals surface area contributed by atoms with Crippen LogP contribution in [0.2, 0.25) is 0 Å². The van der Waals surface area contributed by atoms with Crippen molar-refractivity contribution in [1.29, 1.82) is 0 Å². The molecule has 0 aromatic rings. The summed E-state index contributed by atoms with van der Waals surface area (Å²) < 4.78 is 22.9. The Morgan fingerprint density at radius 2 is 1.20 bits per heavy atom. The Bertz CT molecular complexity index is 53.0. The van der Waals surface area contributed by atoms with Crippen molar-refractivity contribution in [2.24, 2.45) is 0 Å². The molecule has 0 unspecified atom stereocenters. The monoisotopic (exact) mass is 158 g/mol. The molecule has 3 N–H and O–H groups in total. The molecule has 5 heteroatoms. The fourth-order valence-corrected chi connectivity index (χ4v) is 0. The summed E-state index contributed by atoms with van der Waals surface area (Å²) in [6.45, 7) is 0. The van der Waals surface area contributed by atoms with E-state index in [4.69, 9.17) is 12.3 Å². The van der Waals surface area contributed by atoms with E-state index in [0.29, 0.717) is 0 Å². The SMILES string of the molecule is O[As](O)(O)=S. The first-order chi connectivity index (χ1) is 2.00. The third-order valence-electron chi connectivity index (χ3n) is 0. The van der Waals surface area contributed by atoms with Gasteiger partial charge in [-0.25, -0.2) is 0 Å². The summed E-state index contributed by atoms with van der Waals surface area (Å²) in [4.78, 5) is 0. The molecule has 0 fully saturated rings. The second-order valence-corrected chi connectivity index (χ2v) is 5.21. The Morgan fingerprint density at radius 3 is 1.20 bits per heavy atom. The zero-order chi connectivity index (χ0) is 4.50. The molecule has 0 aliphatic carbocycles. The van der Waals surface area contributed by atoms with Crippen LogP contribution in [0.5, 0.6) is 0 Å². The zero-order valence-corrected chi connectivity index (χ0v) is 4.89. The van der Waals surface area contributed by atoms with E-state index in [0.717, 1.165) is 0 Å². The third kappa shape index (κ3) is 75.9. The summed E-state index contributed by atoms with van der Waals surface area (Å²) in [7, 11) is 3.66. The van der Waals surface area contributed by atoms with E-state index in [1.807, 2.05) is 0 Å². The van der Waals surface area contributed by atoms with Crippen molar-refractivity contribution in [2.75, 3.05) is 0 Å². The molecule has 0 rings (SSSR count). The molecule has 0 heterocycles. The average molecular weight is 158 g/mol. The third-order valence-corrected chi connectivity index (χ3v) is 0. The normalized spacial score (nSPS) is 11.8. The average Bonchev–Trinajstić information content (AvgIpc) is 0.722. The van der Waals surface area contributed by atoms with Gasteiger partial charge in [-0.15, -0.1) is 0 Å². The van der Waals surface area contributed by atoms with Crippen LogP contribution in [0.4, 0.5) is 0 Å². The summed E-state index contributed by atoms with van der Waals surface area (Å²) in [5, 5.41) is 0. The van der Waals surface area contributed by atoms with E-state index in [1.165, 1.54) is 0 Å². The first-order valence-corrected chi connectivity index (χ1v) is 5.96. The Labute approximate surface area is 36.1 Å². The molecule has 0 spiro atoms.